The van der Waals surface area contributed by atoms with Crippen molar-refractivity contribution in [2.75, 3.05) is 0 Å². The zero-order valence-corrected chi connectivity index (χ0v) is 10.5. The molecule has 0 saturated carbocycles. The third kappa shape index (κ3) is 2.63. The van der Waals surface area contributed by atoms with E-state index >= 15 is 0 Å². The molecule has 0 bridgehead atoms. The van der Waals surface area contributed by atoms with E-state index in [4.69, 9.17) is 11.6 Å². The fourth-order valence-electron chi connectivity index (χ4n) is 1.64. The van der Waals surface area contributed by atoms with Gasteiger partial charge in [0.05, 0.1) is 5.02 Å². The van der Waals surface area contributed by atoms with Crippen LogP contribution in [-0.2, 0) is 13.2 Å². The van der Waals surface area contributed by atoms with Gasteiger partial charge in [-0.1, -0.05) is 17.7 Å². The molecule has 0 aliphatic rings. The van der Waals surface area contributed by atoms with E-state index in [9.17, 15) is 18.0 Å². The standard InChI is InChI=1S/C12H8ClF3N2O/c1-18-5-10(12(14,15)16)17-11(18)8-3-2-7(6-19)4-9(8)13/h2-6H,1H3. The minimum Gasteiger partial charge on any atom is -0.333 e. The summed E-state index contributed by atoms with van der Waals surface area (Å²) in [6.45, 7) is 0. The van der Waals surface area contributed by atoms with Crippen molar-refractivity contribution in [2.45, 2.75) is 6.18 Å². The number of aromatic nitrogens is 2. The second-order valence-corrected chi connectivity index (χ2v) is 4.32. The van der Waals surface area contributed by atoms with Gasteiger partial charge in [0.2, 0.25) is 0 Å². The van der Waals surface area contributed by atoms with Crippen molar-refractivity contribution in [1.29, 1.82) is 0 Å². The van der Waals surface area contributed by atoms with Gasteiger partial charge >= 0.3 is 6.18 Å². The molecular formula is C12H8ClF3N2O. The Kier molecular flexibility index (Phi) is 3.36. The van der Waals surface area contributed by atoms with Crippen LogP contribution in [0.1, 0.15) is 16.1 Å². The van der Waals surface area contributed by atoms with Crippen molar-refractivity contribution in [3.8, 4) is 11.4 Å². The normalized spacial score (nSPS) is 11.6. The number of aldehydes is 1. The van der Waals surface area contributed by atoms with Crippen LogP contribution in [0, 0.1) is 0 Å². The molecule has 0 spiro atoms. The minimum absolute atomic E-state index is 0.0924. The van der Waals surface area contributed by atoms with Crippen molar-refractivity contribution in [3.63, 3.8) is 0 Å². The average Bonchev–Trinajstić information content (AvgIpc) is 2.71. The summed E-state index contributed by atoms with van der Waals surface area (Å²) >= 11 is 5.94. The zero-order chi connectivity index (χ0) is 14.2. The number of hydrogen-bond acceptors (Lipinski definition) is 2. The molecule has 0 fully saturated rings. The van der Waals surface area contributed by atoms with Crippen LogP contribution < -0.4 is 0 Å². The van der Waals surface area contributed by atoms with E-state index < -0.39 is 11.9 Å². The van der Waals surface area contributed by atoms with Crippen molar-refractivity contribution < 1.29 is 18.0 Å². The average molecular weight is 289 g/mol. The lowest BCUT2D eigenvalue weighted by Gasteiger charge is -2.04. The Morgan fingerprint density at radius 3 is 2.53 bits per heavy atom. The van der Waals surface area contributed by atoms with Gasteiger partial charge in [-0.15, -0.1) is 0 Å². The van der Waals surface area contributed by atoms with Crippen molar-refractivity contribution in [1.82, 2.24) is 9.55 Å². The lowest BCUT2D eigenvalue weighted by molar-refractivity contribution is -0.140. The molecule has 0 aliphatic carbocycles. The maximum atomic E-state index is 12.6. The van der Waals surface area contributed by atoms with E-state index in [0.29, 0.717) is 17.4 Å². The predicted molar refractivity (Wildman–Crippen MR) is 64.0 cm³/mol. The van der Waals surface area contributed by atoms with Crippen LogP contribution in [0.25, 0.3) is 11.4 Å². The predicted octanol–water partition coefficient (Wildman–Crippen LogP) is 3.57. The van der Waals surface area contributed by atoms with Gasteiger partial charge in [0, 0.05) is 24.4 Å². The van der Waals surface area contributed by atoms with Crippen LogP contribution in [0.3, 0.4) is 0 Å². The number of aryl methyl sites for hydroxylation is 1. The Labute approximate surface area is 111 Å². The van der Waals surface area contributed by atoms with E-state index in [1.54, 1.807) is 0 Å². The molecular weight excluding hydrogens is 281 g/mol. The molecule has 1 aromatic carbocycles. The van der Waals surface area contributed by atoms with Crippen molar-refractivity contribution >= 4 is 17.9 Å². The fraction of sp³-hybridized carbons (Fsp3) is 0.167. The van der Waals surface area contributed by atoms with Gasteiger partial charge in [0.15, 0.2) is 5.69 Å². The van der Waals surface area contributed by atoms with Crippen LogP contribution in [-0.4, -0.2) is 15.8 Å². The van der Waals surface area contributed by atoms with Crippen LogP contribution in [0.5, 0.6) is 0 Å². The summed E-state index contributed by atoms with van der Waals surface area (Å²) in [6.07, 6.45) is -3.01. The summed E-state index contributed by atoms with van der Waals surface area (Å²) in [5, 5.41) is 0.173. The number of carbonyl (C=O) groups is 1. The molecule has 19 heavy (non-hydrogen) atoms. The first-order chi connectivity index (χ1) is 8.82. The first kappa shape index (κ1) is 13.6. The minimum atomic E-state index is -4.51. The van der Waals surface area contributed by atoms with E-state index in [1.165, 1.54) is 29.8 Å². The Balaban J connectivity index is 2.53. The van der Waals surface area contributed by atoms with E-state index in [1.807, 2.05) is 0 Å². The number of rotatable bonds is 2. The number of carbonyl (C=O) groups excluding carboxylic acids is 1. The molecule has 7 heteroatoms. The molecule has 1 aromatic heterocycles. The summed E-state index contributed by atoms with van der Waals surface area (Å²) in [7, 11) is 1.45. The number of alkyl halides is 3. The molecule has 0 radical (unpaired) electrons. The van der Waals surface area contributed by atoms with Crippen LogP contribution in [0.2, 0.25) is 5.02 Å². The number of nitrogens with zero attached hydrogens (tertiary/aromatic N) is 2. The number of benzene rings is 1. The number of imidazole rings is 1. The molecule has 2 aromatic rings. The first-order valence-electron chi connectivity index (χ1n) is 5.18. The van der Waals surface area contributed by atoms with Crippen molar-refractivity contribution in [3.05, 3.63) is 40.7 Å². The molecule has 0 aliphatic heterocycles. The fourth-order valence-corrected chi connectivity index (χ4v) is 1.91. The Morgan fingerprint density at radius 2 is 2.05 bits per heavy atom. The Morgan fingerprint density at radius 1 is 1.37 bits per heavy atom. The molecule has 100 valence electrons. The summed E-state index contributed by atoms with van der Waals surface area (Å²) in [5.41, 5.74) is -0.301. The number of halogens is 4. The summed E-state index contributed by atoms with van der Waals surface area (Å²) in [5.74, 6) is 0.0924. The molecule has 0 N–H and O–H groups in total. The van der Waals surface area contributed by atoms with Gasteiger partial charge in [-0.25, -0.2) is 4.98 Å². The molecule has 0 unspecified atom stereocenters. The Bertz CT molecular complexity index is 634. The number of hydrogen-bond donors (Lipinski definition) is 0. The van der Waals surface area contributed by atoms with Gasteiger partial charge in [-0.2, -0.15) is 13.2 Å². The highest BCUT2D eigenvalue weighted by Crippen LogP contribution is 2.33. The third-order valence-electron chi connectivity index (χ3n) is 2.54. The molecule has 0 saturated heterocycles. The van der Waals surface area contributed by atoms with Gasteiger partial charge in [-0.05, 0) is 12.1 Å². The molecule has 0 amide bonds. The third-order valence-corrected chi connectivity index (χ3v) is 2.85. The van der Waals surface area contributed by atoms with Crippen LogP contribution >= 0.6 is 11.6 Å². The summed E-state index contributed by atoms with van der Waals surface area (Å²) in [6, 6.07) is 4.32. The SMILES string of the molecule is Cn1cc(C(F)(F)F)nc1-c1ccc(C=O)cc1Cl. The first-order valence-corrected chi connectivity index (χ1v) is 5.56. The van der Waals surface area contributed by atoms with Gasteiger partial charge < -0.3 is 4.57 Å². The quantitative estimate of drug-likeness (QED) is 0.792. The van der Waals surface area contributed by atoms with Gasteiger partial charge in [-0.3, -0.25) is 4.79 Å². The highest BCUT2D eigenvalue weighted by atomic mass is 35.5. The molecule has 1 heterocycles. The Hall–Kier alpha value is -1.82. The second kappa shape index (κ2) is 4.70. The lowest BCUT2D eigenvalue weighted by atomic mass is 10.1. The highest BCUT2D eigenvalue weighted by molar-refractivity contribution is 6.33. The van der Waals surface area contributed by atoms with Crippen LogP contribution in [0.4, 0.5) is 13.2 Å². The van der Waals surface area contributed by atoms with Gasteiger partial charge in [0.25, 0.3) is 0 Å². The zero-order valence-electron chi connectivity index (χ0n) is 9.70. The van der Waals surface area contributed by atoms with Gasteiger partial charge in [0.1, 0.15) is 12.1 Å². The summed E-state index contributed by atoms with van der Waals surface area (Å²) in [4.78, 5) is 14.1. The second-order valence-electron chi connectivity index (χ2n) is 3.92. The maximum Gasteiger partial charge on any atom is 0.434 e. The van der Waals surface area contributed by atoms with Crippen LogP contribution in [0.15, 0.2) is 24.4 Å². The molecule has 0 atom stereocenters. The topological polar surface area (TPSA) is 34.9 Å². The van der Waals surface area contributed by atoms with Crippen molar-refractivity contribution in [2.24, 2.45) is 7.05 Å². The van der Waals surface area contributed by atoms with E-state index in [-0.39, 0.29) is 10.8 Å². The highest BCUT2D eigenvalue weighted by Gasteiger charge is 2.34. The van der Waals surface area contributed by atoms with E-state index in [2.05, 4.69) is 4.98 Å². The maximum absolute atomic E-state index is 12.6. The lowest BCUT2D eigenvalue weighted by Crippen LogP contribution is -2.04. The summed E-state index contributed by atoms with van der Waals surface area (Å²) < 4.78 is 38.9. The smallest absolute Gasteiger partial charge is 0.333 e. The monoisotopic (exact) mass is 288 g/mol. The molecule has 3 nitrogen and oxygen atoms in total. The largest absolute Gasteiger partial charge is 0.434 e. The van der Waals surface area contributed by atoms with E-state index in [0.717, 1.165) is 6.20 Å². The molecule has 2 rings (SSSR count).